The van der Waals surface area contributed by atoms with Crippen molar-refractivity contribution in [1.29, 1.82) is 0 Å². The van der Waals surface area contributed by atoms with Gasteiger partial charge in [0.05, 0.1) is 6.10 Å². The Balaban J connectivity index is 2.09. The van der Waals surface area contributed by atoms with E-state index in [2.05, 4.69) is 12.2 Å². The fraction of sp³-hybridized carbons (Fsp3) is 0.571. The Morgan fingerprint density at radius 1 is 1.33 bits per heavy atom. The highest BCUT2D eigenvalue weighted by atomic mass is 19.1. The number of halogens is 2. The molecular weight excluding hydrogens is 236 g/mol. The van der Waals surface area contributed by atoms with Crippen LogP contribution in [0.15, 0.2) is 18.2 Å². The highest BCUT2D eigenvalue weighted by molar-refractivity contribution is 5.19. The minimum Gasteiger partial charge on any atom is -0.376 e. The summed E-state index contributed by atoms with van der Waals surface area (Å²) in [5.41, 5.74) is 0.662. The summed E-state index contributed by atoms with van der Waals surface area (Å²) in [7, 11) is 1.86. The minimum atomic E-state index is -0.528. The number of hydrogen-bond acceptors (Lipinski definition) is 2. The monoisotopic (exact) mass is 255 g/mol. The third-order valence-corrected chi connectivity index (χ3v) is 3.59. The SMILES string of the molecule is CNC(Cc1cc(F)cc(F)c1)C1OCCC1C. The number of nitrogens with one attached hydrogen (secondary N) is 1. The molecule has 18 heavy (non-hydrogen) atoms. The summed E-state index contributed by atoms with van der Waals surface area (Å²) in [5, 5.41) is 3.19. The molecule has 1 aliphatic rings. The molecule has 1 saturated heterocycles. The molecule has 1 heterocycles. The molecule has 1 N–H and O–H groups in total. The number of hydrogen-bond donors (Lipinski definition) is 1. The lowest BCUT2D eigenvalue weighted by molar-refractivity contribution is 0.0633. The van der Waals surface area contributed by atoms with Crippen molar-refractivity contribution in [3.63, 3.8) is 0 Å². The van der Waals surface area contributed by atoms with Crippen LogP contribution in [0.3, 0.4) is 0 Å². The molecule has 3 atom stereocenters. The first-order valence-electron chi connectivity index (χ1n) is 6.34. The van der Waals surface area contributed by atoms with Crippen molar-refractivity contribution in [2.75, 3.05) is 13.7 Å². The maximum Gasteiger partial charge on any atom is 0.126 e. The highest BCUT2D eigenvalue weighted by Gasteiger charge is 2.31. The first-order chi connectivity index (χ1) is 8.60. The molecule has 0 spiro atoms. The van der Waals surface area contributed by atoms with Gasteiger partial charge in [0, 0.05) is 18.7 Å². The quantitative estimate of drug-likeness (QED) is 0.892. The van der Waals surface area contributed by atoms with E-state index in [-0.39, 0.29) is 12.1 Å². The summed E-state index contributed by atoms with van der Waals surface area (Å²) in [5.74, 6) is -0.582. The summed E-state index contributed by atoms with van der Waals surface area (Å²) in [6.45, 7) is 2.91. The fourth-order valence-corrected chi connectivity index (χ4v) is 2.60. The van der Waals surface area contributed by atoms with Crippen molar-refractivity contribution >= 4 is 0 Å². The smallest absolute Gasteiger partial charge is 0.126 e. The lowest BCUT2D eigenvalue weighted by atomic mass is 9.93. The Morgan fingerprint density at radius 3 is 2.50 bits per heavy atom. The number of ether oxygens (including phenoxy) is 1. The topological polar surface area (TPSA) is 21.3 Å². The lowest BCUT2D eigenvalue weighted by Gasteiger charge is -2.25. The average Bonchev–Trinajstić information content (AvgIpc) is 2.71. The maximum absolute atomic E-state index is 13.1. The van der Waals surface area contributed by atoms with Crippen LogP contribution in [0.5, 0.6) is 0 Å². The van der Waals surface area contributed by atoms with Gasteiger partial charge in [-0.3, -0.25) is 0 Å². The van der Waals surface area contributed by atoms with E-state index in [4.69, 9.17) is 4.74 Å². The van der Waals surface area contributed by atoms with Crippen molar-refractivity contribution in [2.24, 2.45) is 5.92 Å². The molecule has 1 fully saturated rings. The second-order valence-corrected chi connectivity index (χ2v) is 4.98. The number of benzene rings is 1. The molecule has 0 radical (unpaired) electrons. The summed E-state index contributed by atoms with van der Waals surface area (Å²) in [4.78, 5) is 0. The van der Waals surface area contributed by atoms with E-state index in [1.165, 1.54) is 12.1 Å². The van der Waals surface area contributed by atoms with Crippen molar-refractivity contribution in [1.82, 2.24) is 5.32 Å². The largest absolute Gasteiger partial charge is 0.376 e. The van der Waals surface area contributed by atoms with Gasteiger partial charge in [0.2, 0.25) is 0 Å². The predicted octanol–water partition coefficient (Wildman–Crippen LogP) is 2.52. The molecule has 1 aromatic rings. The van der Waals surface area contributed by atoms with Crippen molar-refractivity contribution in [3.8, 4) is 0 Å². The van der Waals surface area contributed by atoms with Gasteiger partial charge in [-0.1, -0.05) is 6.92 Å². The van der Waals surface area contributed by atoms with Gasteiger partial charge >= 0.3 is 0 Å². The minimum absolute atomic E-state index is 0.0868. The third kappa shape index (κ3) is 3.06. The van der Waals surface area contributed by atoms with E-state index in [1.54, 1.807) is 0 Å². The molecular formula is C14H19F2NO. The van der Waals surface area contributed by atoms with E-state index in [1.807, 2.05) is 7.05 Å². The van der Waals surface area contributed by atoms with Crippen LogP contribution in [0, 0.1) is 17.6 Å². The molecule has 3 unspecified atom stereocenters. The number of rotatable bonds is 4. The van der Waals surface area contributed by atoms with Crippen LogP contribution in [0.25, 0.3) is 0 Å². The van der Waals surface area contributed by atoms with Gasteiger partial charge < -0.3 is 10.1 Å². The van der Waals surface area contributed by atoms with Gasteiger partial charge in [0.25, 0.3) is 0 Å². The zero-order valence-corrected chi connectivity index (χ0v) is 10.7. The highest BCUT2D eigenvalue weighted by Crippen LogP contribution is 2.25. The van der Waals surface area contributed by atoms with E-state index in [0.717, 1.165) is 19.1 Å². The normalized spacial score (nSPS) is 25.3. The van der Waals surface area contributed by atoms with Crippen LogP contribution in [-0.4, -0.2) is 25.8 Å². The molecule has 0 saturated carbocycles. The molecule has 2 nitrogen and oxygen atoms in total. The standard InChI is InChI=1S/C14H19F2NO/c1-9-3-4-18-14(9)13(17-2)7-10-5-11(15)8-12(16)6-10/h5-6,8-9,13-14,17H,3-4,7H2,1-2H3. The Kier molecular flexibility index (Phi) is 4.30. The first-order valence-corrected chi connectivity index (χ1v) is 6.34. The van der Waals surface area contributed by atoms with Crippen LogP contribution < -0.4 is 5.32 Å². The van der Waals surface area contributed by atoms with E-state index in [9.17, 15) is 8.78 Å². The molecule has 100 valence electrons. The fourth-order valence-electron chi connectivity index (χ4n) is 2.60. The van der Waals surface area contributed by atoms with Gasteiger partial charge in [0.15, 0.2) is 0 Å². The molecule has 4 heteroatoms. The molecule has 0 aromatic heterocycles. The van der Waals surface area contributed by atoms with Gasteiger partial charge in [-0.25, -0.2) is 8.78 Å². The molecule has 0 bridgehead atoms. The Morgan fingerprint density at radius 2 is 2.00 bits per heavy atom. The molecule has 1 aromatic carbocycles. The Hall–Kier alpha value is -1.00. The van der Waals surface area contributed by atoms with Crippen LogP contribution in [0.1, 0.15) is 18.9 Å². The zero-order valence-electron chi connectivity index (χ0n) is 10.7. The lowest BCUT2D eigenvalue weighted by Crippen LogP contribution is -2.41. The van der Waals surface area contributed by atoms with Crippen molar-refractivity contribution in [2.45, 2.75) is 31.9 Å². The summed E-state index contributed by atoms with van der Waals surface area (Å²) in [6.07, 6.45) is 1.72. The maximum atomic E-state index is 13.1. The van der Waals surface area contributed by atoms with Crippen LogP contribution >= 0.6 is 0 Å². The summed E-state index contributed by atoms with van der Waals surface area (Å²) >= 11 is 0. The van der Waals surface area contributed by atoms with Gasteiger partial charge in [-0.05, 0) is 43.5 Å². The summed E-state index contributed by atoms with van der Waals surface area (Å²) < 4.78 is 32.0. The van der Waals surface area contributed by atoms with Crippen LogP contribution in [0.4, 0.5) is 8.78 Å². The molecule has 2 rings (SSSR count). The van der Waals surface area contributed by atoms with E-state index < -0.39 is 11.6 Å². The molecule has 1 aliphatic heterocycles. The Bertz CT molecular complexity index is 391. The van der Waals surface area contributed by atoms with E-state index in [0.29, 0.717) is 17.9 Å². The number of likely N-dealkylation sites (N-methyl/N-ethyl adjacent to an activating group) is 1. The van der Waals surface area contributed by atoms with Gasteiger partial charge in [0.1, 0.15) is 11.6 Å². The second-order valence-electron chi connectivity index (χ2n) is 4.98. The second kappa shape index (κ2) is 5.76. The molecule has 0 aliphatic carbocycles. The van der Waals surface area contributed by atoms with Crippen LogP contribution in [-0.2, 0) is 11.2 Å². The first kappa shape index (κ1) is 13.4. The van der Waals surface area contributed by atoms with Crippen molar-refractivity contribution in [3.05, 3.63) is 35.4 Å². The van der Waals surface area contributed by atoms with Gasteiger partial charge in [-0.15, -0.1) is 0 Å². The predicted molar refractivity (Wildman–Crippen MR) is 66.4 cm³/mol. The Labute approximate surface area is 106 Å². The van der Waals surface area contributed by atoms with E-state index >= 15 is 0 Å². The van der Waals surface area contributed by atoms with Crippen molar-refractivity contribution < 1.29 is 13.5 Å². The summed E-state index contributed by atoms with van der Waals surface area (Å²) in [6, 6.07) is 3.75. The van der Waals surface area contributed by atoms with Gasteiger partial charge in [-0.2, -0.15) is 0 Å². The average molecular weight is 255 g/mol. The third-order valence-electron chi connectivity index (χ3n) is 3.59. The zero-order chi connectivity index (χ0) is 13.1. The molecule has 0 amide bonds. The van der Waals surface area contributed by atoms with Crippen LogP contribution in [0.2, 0.25) is 0 Å².